The first-order valence-corrected chi connectivity index (χ1v) is 11.2. The smallest absolute Gasteiger partial charge is 0.322 e. The fourth-order valence-electron chi connectivity index (χ4n) is 4.18. The molecule has 4 rings (SSSR count). The topological polar surface area (TPSA) is 54.0 Å². The standard InChI is InChI=1S/C28H23F4N3O/c1-19-7-6-16-33-25(19)27(18-20-8-3-2-4-9-20,21-10-5-11-22(17-21)28(30,31)32)35-26(36)34-24-14-12-23(29)13-15-24/h2-17H,18H2,1H3,(H2,34,35,36). The maximum atomic E-state index is 13.7. The maximum absolute atomic E-state index is 13.7. The number of carbonyl (C=O) groups is 1. The van der Waals surface area contributed by atoms with Crippen LogP contribution in [0.4, 0.5) is 28.0 Å². The van der Waals surface area contributed by atoms with Gasteiger partial charge in [-0.2, -0.15) is 13.2 Å². The van der Waals surface area contributed by atoms with Crippen LogP contribution in [-0.4, -0.2) is 11.0 Å². The minimum atomic E-state index is -4.58. The molecule has 8 heteroatoms. The summed E-state index contributed by atoms with van der Waals surface area (Å²) in [4.78, 5) is 17.8. The van der Waals surface area contributed by atoms with E-state index in [4.69, 9.17) is 0 Å². The van der Waals surface area contributed by atoms with Crippen molar-refractivity contribution in [3.8, 4) is 0 Å². The van der Waals surface area contributed by atoms with Crippen LogP contribution < -0.4 is 10.6 Å². The van der Waals surface area contributed by atoms with Crippen molar-refractivity contribution in [2.24, 2.45) is 0 Å². The van der Waals surface area contributed by atoms with Gasteiger partial charge < -0.3 is 10.6 Å². The highest BCUT2D eigenvalue weighted by Crippen LogP contribution is 2.38. The molecule has 36 heavy (non-hydrogen) atoms. The van der Waals surface area contributed by atoms with Gasteiger partial charge in [-0.25, -0.2) is 9.18 Å². The fraction of sp³-hybridized carbons (Fsp3) is 0.143. The van der Waals surface area contributed by atoms with E-state index in [0.29, 0.717) is 16.9 Å². The number of hydrogen-bond acceptors (Lipinski definition) is 2. The van der Waals surface area contributed by atoms with Crippen LogP contribution in [0.3, 0.4) is 0 Å². The van der Waals surface area contributed by atoms with Crippen molar-refractivity contribution in [1.29, 1.82) is 0 Å². The molecule has 1 unspecified atom stereocenters. The molecule has 0 saturated heterocycles. The lowest BCUT2D eigenvalue weighted by molar-refractivity contribution is -0.137. The van der Waals surface area contributed by atoms with Crippen molar-refractivity contribution in [3.05, 3.63) is 131 Å². The van der Waals surface area contributed by atoms with Gasteiger partial charge in [0.1, 0.15) is 11.4 Å². The highest BCUT2D eigenvalue weighted by molar-refractivity contribution is 5.90. The van der Waals surface area contributed by atoms with Gasteiger partial charge in [0.2, 0.25) is 0 Å². The lowest BCUT2D eigenvalue weighted by atomic mass is 9.78. The SMILES string of the molecule is Cc1cccnc1C(Cc1ccccc1)(NC(=O)Nc1ccc(F)cc1)c1cccc(C(F)(F)F)c1. The van der Waals surface area contributed by atoms with Crippen LogP contribution in [0.5, 0.6) is 0 Å². The van der Waals surface area contributed by atoms with Crippen LogP contribution in [0, 0.1) is 12.7 Å². The quantitative estimate of drug-likeness (QED) is 0.289. The Morgan fingerprint density at radius 2 is 1.56 bits per heavy atom. The van der Waals surface area contributed by atoms with E-state index >= 15 is 0 Å². The zero-order valence-electron chi connectivity index (χ0n) is 19.3. The third-order valence-electron chi connectivity index (χ3n) is 5.84. The molecule has 0 aliphatic carbocycles. The first kappa shape index (κ1) is 24.9. The van der Waals surface area contributed by atoms with Crippen molar-refractivity contribution in [3.63, 3.8) is 0 Å². The maximum Gasteiger partial charge on any atom is 0.416 e. The average molecular weight is 494 g/mol. The fourth-order valence-corrected chi connectivity index (χ4v) is 4.18. The molecule has 3 aromatic carbocycles. The molecular weight excluding hydrogens is 470 g/mol. The minimum absolute atomic E-state index is 0.129. The molecule has 4 aromatic rings. The first-order valence-electron chi connectivity index (χ1n) is 11.2. The molecule has 184 valence electrons. The number of hydrogen-bond donors (Lipinski definition) is 2. The second kappa shape index (κ2) is 10.2. The Morgan fingerprint density at radius 1 is 0.861 bits per heavy atom. The molecule has 4 nitrogen and oxygen atoms in total. The highest BCUT2D eigenvalue weighted by atomic mass is 19.4. The van der Waals surface area contributed by atoms with Crippen molar-refractivity contribution in [2.45, 2.75) is 25.1 Å². The molecule has 0 aliphatic heterocycles. The molecule has 0 saturated carbocycles. The number of aromatic nitrogens is 1. The Hall–Kier alpha value is -4.20. The molecule has 2 amide bonds. The second-order valence-corrected chi connectivity index (χ2v) is 8.40. The van der Waals surface area contributed by atoms with E-state index in [1.54, 1.807) is 25.1 Å². The van der Waals surface area contributed by atoms with Gasteiger partial charge in [0.15, 0.2) is 0 Å². The van der Waals surface area contributed by atoms with Crippen molar-refractivity contribution in [1.82, 2.24) is 10.3 Å². The molecule has 0 radical (unpaired) electrons. The predicted molar refractivity (Wildman–Crippen MR) is 130 cm³/mol. The van der Waals surface area contributed by atoms with E-state index in [0.717, 1.165) is 17.7 Å². The number of anilines is 1. The first-order chi connectivity index (χ1) is 17.2. The van der Waals surface area contributed by atoms with Gasteiger partial charge in [0.05, 0.1) is 11.3 Å². The summed E-state index contributed by atoms with van der Waals surface area (Å²) in [5, 5.41) is 5.57. The highest BCUT2D eigenvalue weighted by Gasteiger charge is 2.41. The van der Waals surface area contributed by atoms with Crippen LogP contribution in [0.2, 0.25) is 0 Å². The Labute approximate surface area is 206 Å². The minimum Gasteiger partial charge on any atom is -0.322 e. The second-order valence-electron chi connectivity index (χ2n) is 8.40. The number of pyridine rings is 1. The van der Waals surface area contributed by atoms with Crippen LogP contribution in [-0.2, 0) is 18.1 Å². The largest absolute Gasteiger partial charge is 0.416 e. The lowest BCUT2D eigenvalue weighted by Gasteiger charge is -2.36. The molecule has 0 fully saturated rings. The summed E-state index contributed by atoms with van der Waals surface area (Å²) in [7, 11) is 0. The monoisotopic (exact) mass is 493 g/mol. The number of amides is 2. The van der Waals surface area contributed by atoms with Crippen molar-refractivity contribution in [2.75, 3.05) is 5.32 Å². The zero-order chi connectivity index (χ0) is 25.8. The predicted octanol–water partition coefficient (Wildman–Crippen LogP) is 6.86. The Bertz CT molecular complexity index is 1340. The number of carbonyl (C=O) groups excluding carboxylic acids is 1. The summed E-state index contributed by atoms with van der Waals surface area (Å²) in [6.07, 6.45) is -2.91. The van der Waals surface area contributed by atoms with Gasteiger partial charge in [0.25, 0.3) is 0 Å². The third kappa shape index (κ3) is 5.54. The number of rotatable bonds is 6. The van der Waals surface area contributed by atoms with Gasteiger partial charge in [0, 0.05) is 18.3 Å². The third-order valence-corrected chi connectivity index (χ3v) is 5.84. The summed E-state index contributed by atoms with van der Waals surface area (Å²) in [6, 6.07) is 22.0. The van der Waals surface area contributed by atoms with E-state index < -0.39 is 29.1 Å². The molecule has 2 N–H and O–H groups in total. The van der Waals surface area contributed by atoms with Crippen LogP contribution in [0.1, 0.15) is 27.9 Å². The van der Waals surface area contributed by atoms with E-state index in [2.05, 4.69) is 15.6 Å². The van der Waals surface area contributed by atoms with E-state index in [1.165, 1.54) is 36.5 Å². The van der Waals surface area contributed by atoms with Crippen molar-refractivity contribution >= 4 is 11.7 Å². The van der Waals surface area contributed by atoms with Crippen molar-refractivity contribution < 1.29 is 22.4 Å². The normalized spacial score (nSPS) is 13.0. The van der Waals surface area contributed by atoms with Gasteiger partial charge >= 0.3 is 12.2 Å². The molecule has 0 aliphatic rings. The molecule has 0 bridgehead atoms. The molecule has 1 aromatic heterocycles. The van der Waals surface area contributed by atoms with Crippen LogP contribution >= 0.6 is 0 Å². The van der Waals surface area contributed by atoms with Gasteiger partial charge in [-0.05, 0) is 66.1 Å². The number of benzene rings is 3. The van der Waals surface area contributed by atoms with Gasteiger partial charge in [-0.15, -0.1) is 0 Å². The van der Waals surface area contributed by atoms with Gasteiger partial charge in [-0.1, -0.05) is 48.5 Å². The zero-order valence-corrected chi connectivity index (χ0v) is 19.3. The average Bonchev–Trinajstić information content (AvgIpc) is 2.85. The van der Waals surface area contributed by atoms with E-state index in [9.17, 15) is 22.4 Å². The number of nitrogens with one attached hydrogen (secondary N) is 2. The summed E-state index contributed by atoms with van der Waals surface area (Å²) in [5.41, 5.74) is 0.114. The number of nitrogens with zero attached hydrogens (tertiary/aromatic N) is 1. The Kier molecular flexibility index (Phi) is 7.05. The number of aryl methyl sites for hydroxylation is 1. The number of urea groups is 1. The van der Waals surface area contributed by atoms with Crippen LogP contribution in [0.15, 0.2) is 97.2 Å². The summed E-state index contributed by atoms with van der Waals surface area (Å²) in [5.74, 6) is -0.465. The number of alkyl halides is 3. The van der Waals surface area contributed by atoms with Gasteiger partial charge in [-0.3, -0.25) is 4.98 Å². The Balaban J connectivity index is 1.88. The summed E-state index contributed by atoms with van der Waals surface area (Å²) in [6.45, 7) is 1.79. The summed E-state index contributed by atoms with van der Waals surface area (Å²) < 4.78 is 54.4. The van der Waals surface area contributed by atoms with Crippen LogP contribution in [0.25, 0.3) is 0 Å². The molecule has 1 atom stereocenters. The molecule has 1 heterocycles. The van der Waals surface area contributed by atoms with E-state index in [1.807, 2.05) is 30.3 Å². The molecular formula is C28H23F4N3O. The number of halogens is 4. The summed E-state index contributed by atoms with van der Waals surface area (Å²) >= 11 is 0. The lowest BCUT2D eigenvalue weighted by Crippen LogP contribution is -2.51. The Morgan fingerprint density at radius 3 is 2.22 bits per heavy atom. The van der Waals surface area contributed by atoms with E-state index in [-0.39, 0.29) is 12.0 Å². The molecule has 0 spiro atoms.